The molecule has 0 aromatic heterocycles. The fourth-order valence-corrected chi connectivity index (χ4v) is 0.889. The highest BCUT2D eigenvalue weighted by molar-refractivity contribution is 5.47. The van der Waals surface area contributed by atoms with Crippen molar-refractivity contribution in [3.8, 4) is 0 Å². The van der Waals surface area contributed by atoms with Crippen LogP contribution in [0.2, 0.25) is 0 Å². The molecule has 0 aliphatic rings. The lowest BCUT2D eigenvalue weighted by Crippen LogP contribution is -1.78. The molecule has 0 spiro atoms. The van der Waals surface area contributed by atoms with Crippen molar-refractivity contribution in [1.29, 1.82) is 0 Å². The van der Waals surface area contributed by atoms with E-state index in [9.17, 15) is 0 Å². The van der Waals surface area contributed by atoms with Gasteiger partial charge in [-0.3, -0.25) is 0 Å². The summed E-state index contributed by atoms with van der Waals surface area (Å²) in [5.74, 6) is 0. The summed E-state index contributed by atoms with van der Waals surface area (Å²) in [6.45, 7) is 5.84. The van der Waals surface area contributed by atoms with Crippen LogP contribution in [0.25, 0.3) is 6.08 Å². The molecule has 0 N–H and O–H groups in total. The van der Waals surface area contributed by atoms with Gasteiger partial charge in [-0.05, 0) is 17.5 Å². The van der Waals surface area contributed by atoms with Gasteiger partial charge in [-0.25, -0.2) is 0 Å². The first-order chi connectivity index (χ1) is 4.86. The van der Waals surface area contributed by atoms with Gasteiger partial charge in [0.25, 0.3) is 0 Å². The maximum Gasteiger partial charge on any atom is -0.0262 e. The predicted octanol–water partition coefficient (Wildman–Crippen LogP) is 3.34. The molecule has 0 atom stereocenters. The Hall–Kier alpha value is -1.04. The Balaban J connectivity index is 0.000001000. The lowest BCUT2D eigenvalue weighted by molar-refractivity contribution is 1.14. The van der Waals surface area contributed by atoms with Crippen LogP contribution in [0.4, 0.5) is 0 Å². The van der Waals surface area contributed by atoms with Gasteiger partial charge >= 0.3 is 0 Å². The van der Waals surface area contributed by atoms with Gasteiger partial charge in [0.05, 0.1) is 0 Å². The maximum absolute atomic E-state index is 3.69. The van der Waals surface area contributed by atoms with E-state index < -0.39 is 0 Å². The Morgan fingerprint density at radius 2 is 1.82 bits per heavy atom. The van der Waals surface area contributed by atoms with E-state index in [0.29, 0.717) is 0 Å². The zero-order valence-electron chi connectivity index (χ0n) is 7.30. The molecule has 0 bridgehead atoms. The minimum absolute atomic E-state index is 0. The summed E-state index contributed by atoms with van der Waals surface area (Å²) in [4.78, 5) is 0. The van der Waals surface area contributed by atoms with Gasteiger partial charge in [0, 0.05) is 0 Å². The topological polar surface area (TPSA) is 0 Å². The third-order valence-corrected chi connectivity index (χ3v) is 1.62. The summed E-state index contributed by atoms with van der Waals surface area (Å²) in [5, 5.41) is 0. The second kappa shape index (κ2) is 4.73. The molecule has 1 aromatic rings. The third kappa shape index (κ3) is 2.58. The summed E-state index contributed by atoms with van der Waals surface area (Å²) in [5.41, 5.74) is 2.57. The van der Waals surface area contributed by atoms with Gasteiger partial charge in [0.2, 0.25) is 0 Å². The summed E-state index contributed by atoms with van der Waals surface area (Å²) < 4.78 is 0. The minimum Gasteiger partial charge on any atom is -0.358 e. The van der Waals surface area contributed by atoms with Crippen molar-refractivity contribution in [3.63, 3.8) is 0 Å². The number of hydrogen-bond acceptors (Lipinski definition) is 0. The molecule has 0 saturated carbocycles. The number of rotatable bonds is 2. The van der Waals surface area contributed by atoms with Crippen LogP contribution in [-0.4, -0.2) is 0 Å². The molecule has 0 aliphatic heterocycles. The first-order valence-electron chi connectivity index (χ1n) is 3.58. The standard InChI is InChI=1S/C10H12.CH3/c1-3-9-5-7-10(4-2)8-6-9;/h3,5-8H,1,4H2,2H3;1H3/q;-1. The summed E-state index contributed by atoms with van der Waals surface area (Å²) in [7, 11) is 0. The van der Waals surface area contributed by atoms with Crippen molar-refractivity contribution < 1.29 is 0 Å². The molecule has 1 aromatic carbocycles. The van der Waals surface area contributed by atoms with E-state index in [1.165, 1.54) is 11.1 Å². The highest BCUT2D eigenvalue weighted by Gasteiger charge is 1.86. The Morgan fingerprint density at radius 3 is 2.18 bits per heavy atom. The van der Waals surface area contributed by atoms with Crippen LogP contribution in [-0.2, 0) is 6.42 Å². The number of aryl methyl sites for hydroxylation is 1. The average Bonchev–Trinajstić information content (AvgIpc) is 2.05. The Bertz CT molecular complexity index is 206. The van der Waals surface area contributed by atoms with E-state index in [2.05, 4.69) is 37.8 Å². The van der Waals surface area contributed by atoms with Crippen LogP contribution in [0, 0.1) is 7.43 Å². The first-order valence-corrected chi connectivity index (χ1v) is 3.58. The Morgan fingerprint density at radius 1 is 1.27 bits per heavy atom. The molecule has 11 heavy (non-hydrogen) atoms. The van der Waals surface area contributed by atoms with Crippen molar-refractivity contribution in [2.75, 3.05) is 0 Å². The predicted molar refractivity (Wildman–Crippen MR) is 52.3 cm³/mol. The fourth-order valence-electron chi connectivity index (χ4n) is 0.889. The van der Waals surface area contributed by atoms with Crippen molar-refractivity contribution in [3.05, 3.63) is 49.4 Å². The van der Waals surface area contributed by atoms with Crippen LogP contribution in [0.5, 0.6) is 0 Å². The maximum atomic E-state index is 3.69. The van der Waals surface area contributed by atoms with Gasteiger partial charge in [0.1, 0.15) is 0 Å². The molecule has 0 unspecified atom stereocenters. The molecule has 0 radical (unpaired) electrons. The van der Waals surface area contributed by atoms with E-state index in [4.69, 9.17) is 0 Å². The Kier molecular flexibility index (Phi) is 4.28. The van der Waals surface area contributed by atoms with E-state index in [1.807, 2.05) is 6.08 Å². The first kappa shape index (κ1) is 9.96. The summed E-state index contributed by atoms with van der Waals surface area (Å²) in [6.07, 6.45) is 2.97. The van der Waals surface area contributed by atoms with Crippen LogP contribution in [0.1, 0.15) is 18.1 Å². The second-order valence-corrected chi connectivity index (χ2v) is 2.30. The van der Waals surface area contributed by atoms with Crippen LogP contribution >= 0.6 is 0 Å². The Labute approximate surface area is 69.6 Å². The molecular weight excluding hydrogens is 132 g/mol. The van der Waals surface area contributed by atoms with Gasteiger partial charge < -0.3 is 7.43 Å². The average molecular weight is 147 g/mol. The molecule has 0 aliphatic carbocycles. The van der Waals surface area contributed by atoms with Crippen LogP contribution in [0.3, 0.4) is 0 Å². The normalized spacial score (nSPS) is 8.45. The van der Waals surface area contributed by atoms with Crippen molar-refractivity contribution in [2.45, 2.75) is 13.3 Å². The molecule has 0 saturated heterocycles. The molecule has 0 fully saturated rings. The van der Waals surface area contributed by atoms with E-state index in [1.54, 1.807) is 0 Å². The van der Waals surface area contributed by atoms with Gasteiger partial charge in [-0.1, -0.05) is 43.8 Å². The molecule has 0 amide bonds. The minimum atomic E-state index is 0. The fraction of sp³-hybridized carbons (Fsp3) is 0.182. The van der Waals surface area contributed by atoms with Gasteiger partial charge in [-0.15, -0.1) is 0 Å². The summed E-state index contributed by atoms with van der Waals surface area (Å²) in [6, 6.07) is 8.45. The van der Waals surface area contributed by atoms with Crippen molar-refractivity contribution in [2.24, 2.45) is 0 Å². The number of benzene rings is 1. The van der Waals surface area contributed by atoms with Crippen LogP contribution in [0.15, 0.2) is 30.8 Å². The monoisotopic (exact) mass is 147 g/mol. The molecule has 60 valence electrons. The van der Waals surface area contributed by atoms with Gasteiger partial charge in [0.15, 0.2) is 0 Å². The zero-order chi connectivity index (χ0) is 7.40. The lowest BCUT2D eigenvalue weighted by atomic mass is 10.1. The second-order valence-electron chi connectivity index (χ2n) is 2.30. The van der Waals surface area contributed by atoms with E-state index in [-0.39, 0.29) is 7.43 Å². The molecular formula is C11H15-. The van der Waals surface area contributed by atoms with Crippen molar-refractivity contribution in [1.82, 2.24) is 0 Å². The SMILES string of the molecule is C=Cc1ccc(CC)cc1.[CH3-]. The molecule has 0 nitrogen and oxygen atoms in total. The summed E-state index contributed by atoms with van der Waals surface area (Å²) >= 11 is 0. The zero-order valence-corrected chi connectivity index (χ0v) is 7.30. The number of hydrogen-bond donors (Lipinski definition) is 0. The molecule has 1 rings (SSSR count). The smallest absolute Gasteiger partial charge is 0.0262 e. The largest absolute Gasteiger partial charge is 0.358 e. The molecule has 0 heterocycles. The van der Waals surface area contributed by atoms with E-state index in [0.717, 1.165) is 6.42 Å². The van der Waals surface area contributed by atoms with Crippen LogP contribution < -0.4 is 0 Å². The van der Waals surface area contributed by atoms with E-state index >= 15 is 0 Å². The van der Waals surface area contributed by atoms with Crippen molar-refractivity contribution >= 4 is 6.08 Å². The quantitative estimate of drug-likeness (QED) is 0.563. The highest BCUT2D eigenvalue weighted by atomic mass is 13.9. The highest BCUT2D eigenvalue weighted by Crippen LogP contribution is 2.05. The molecule has 0 heteroatoms. The lowest BCUT2D eigenvalue weighted by Gasteiger charge is -1.95. The van der Waals surface area contributed by atoms with Gasteiger partial charge in [-0.2, -0.15) is 0 Å². The third-order valence-electron chi connectivity index (χ3n) is 1.62.